The van der Waals surface area contributed by atoms with Crippen molar-refractivity contribution in [3.8, 4) is 11.5 Å². The Morgan fingerprint density at radius 1 is 1.06 bits per heavy atom. The number of fused-ring (bicyclic) bond motifs is 1. The van der Waals surface area contributed by atoms with Crippen molar-refractivity contribution in [2.45, 2.75) is 23.4 Å². The van der Waals surface area contributed by atoms with Gasteiger partial charge in [0.2, 0.25) is 0 Å². The predicted octanol–water partition coefficient (Wildman–Crippen LogP) is 3.24. The number of hydrogen-bond acceptors (Lipinski definition) is 6. The first-order valence-corrected chi connectivity index (χ1v) is 10.2. The number of aryl methyl sites for hydroxylation is 1. The van der Waals surface area contributed by atoms with Crippen molar-refractivity contribution in [3.63, 3.8) is 0 Å². The van der Waals surface area contributed by atoms with E-state index in [2.05, 4.69) is 15.0 Å². The van der Waals surface area contributed by atoms with E-state index in [9.17, 15) is 34.8 Å². The maximum Gasteiger partial charge on any atom is 0.417 e. The van der Waals surface area contributed by atoms with Crippen LogP contribution in [0.1, 0.15) is 11.1 Å². The number of epoxide rings is 1. The molecular formula is C17H12F6N4O3S. The number of aromatic nitrogens is 4. The SMILES string of the molecule is Cn1c(-c2ncc(C(F)(F)F)cc2S(=O)(=O)CC2CO2)nc2cc(C(F)(F)F)cnc21. The van der Waals surface area contributed by atoms with E-state index >= 15 is 0 Å². The summed E-state index contributed by atoms with van der Waals surface area (Å²) in [5.74, 6) is -0.811. The fourth-order valence-corrected chi connectivity index (χ4v) is 4.55. The third-order valence-electron chi connectivity index (χ3n) is 4.57. The number of nitrogens with zero attached hydrogens (tertiary/aromatic N) is 4. The van der Waals surface area contributed by atoms with Gasteiger partial charge in [0.05, 0.1) is 34.5 Å². The van der Waals surface area contributed by atoms with E-state index in [0.717, 1.165) is 4.57 Å². The van der Waals surface area contributed by atoms with Crippen LogP contribution < -0.4 is 0 Å². The summed E-state index contributed by atoms with van der Waals surface area (Å²) in [5.41, 5.74) is -3.05. The number of ether oxygens (including phenoxy) is 1. The second-order valence-corrected chi connectivity index (χ2v) is 8.87. The molecule has 0 saturated carbocycles. The van der Waals surface area contributed by atoms with Crippen molar-refractivity contribution < 1.29 is 39.5 Å². The van der Waals surface area contributed by atoms with Crippen LogP contribution in [0.2, 0.25) is 0 Å². The predicted molar refractivity (Wildman–Crippen MR) is 93.5 cm³/mol. The van der Waals surface area contributed by atoms with E-state index in [1.165, 1.54) is 7.05 Å². The molecule has 166 valence electrons. The van der Waals surface area contributed by atoms with Crippen molar-refractivity contribution in [1.82, 2.24) is 19.5 Å². The van der Waals surface area contributed by atoms with Gasteiger partial charge in [-0.1, -0.05) is 0 Å². The second-order valence-electron chi connectivity index (χ2n) is 6.86. The molecule has 0 bridgehead atoms. The largest absolute Gasteiger partial charge is 0.417 e. The maximum absolute atomic E-state index is 13.2. The monoisotopic (exact) mass is 466 g/mol. The van der Waals surface area contributed by atoms with E-state index < -0.39 is 55.8 Å². The zero-order chi connectivity index (χ0) is 22.8. The van der Waals surface area contributed by atoms with Gasteiger partial charge < -0.3 is 9.30 Å². The summed E-state index contributed by atoms with van der Waals surface area (Å²) in [7, 11) is -2.95. The highest BCUT2D eigenvalue weighted by atomic mass is 32.2. The molecule has 0 radical (unpaired) electrons. The summed E-state index contributed by atoms with van der Waals surface area (Å²) >= 11 is 0. The first-order valence-electron chi connectivity index (χ1n) is 8.59. The average molecular weight is 466 g/mol. The van der Waals surface area contributed by atoms with Crippen LogP contribution in [-0.2, 0) is 34.0 Å². The minimum Gasteiger partial charge on any atom is -0.372 e. The number of sulfone groups is 1. The molecule has 1 saturated heterocycles. The molecule has 1 atom stereocenters. The van der Waals surface area contributed by atoms with Crippen LogP contribution in [-0.4, -0.2) is 46.4 Å². The van der Waals surface area contributed by atoms with E-state index in [1.807, 2.05) is 0 Å². The van der Waals surface area contributed by atoms with E-state index in [4.69, 9.17) is 4.74 Å². The molecule has 0 amide bonds. The van der Waals surface area contributed by atoms with Crippen molar-refractivity contribution in [2.24, 2.45) is 7.05 Å². The highest BCUT2D eigenvalue weighted by Gasteiger charge is 2.37. The summed E-state index contributed by atoms with van der Waals surface area (Å²) in [6.07, 6.45) is -9.18. The zero-order valence-electron chi connectivity index (χ0n) is 15.5. The van der Waals surface area contributed by atoms with Gasteiger partial charge in [0.25, 0.3) is 0 Å². The summed E-state index contributed by atoms with van der Waals surface area (Å²) in [6.45, 7) is 0.150. The first kappa shape index (κ1) is 21.5. The molecule has 3 aromatic heterocycles. The van der Waals surface area contributed by atoms with Gasteiger partial charge in [-0.15, -0.1) is 0 Å². The number of imidazole rings is 1. The smallest absolute Gasteiger partial charge is 0.372 e. The molecule has 3 aromatic rings. The molecule has 0 spiro atoms. The molecular weight excluding hydrogens is 454 g/mol. The minimum absolute atomic E-state index is 0.0291. The Morgan fingerprint density at radius 3 is 2.23 bits per heavy atom. The number of pyridine rings is 2. The van der Waals surface area contributed by atoms with Crippen LogP contribution in [0.4, 0.5) is 26.3 Å². The molecule has 4 heterocycles. The average Bonchev–Trinajstić information content (AvgIpc) is 3.40. The number of halogens is 6. The van der Waals surface area contributed by atoms with E-state index in [-0.39, 0.29) is 23.6 Å². The number of rotatable bonds is 4. The van der Waals surface area contributed by atoms with Crippen LogP contribution in [0.5, 0.6) is 0 Å². The van der Waals surface area contributed by atoms with Crippen molar-refractivity contribution >= 4 is 21.0 Å². The molecule has 4 rings (SSSR count). The summed E-state index contributed by atoms with van der Waals surface area (Å²) in [5, 5.41) is 0. The molecule has 1 aliphatic heterocycles. The normalized spacial score (nSPS) is 17.3. The number of alkyl halides is 6. The molecule has 0 aromatic carbocycles. The van der Waals surface area contributed by atoms with Crippen molar-refractivity contribution in [2.75, 3.05) is 12.4 Å². The van der Waals surface area contributed by atoms with Gasteiger partial charge in [0.15, 0.2) is 21.3 Å². The van der Waals surface area contributed by atoms with Crippen molar-refractivity contribution in [1.29, 1.82) is 0 Å². The minimum atomic E-state index is -4.86. The van der Waals surface area contributed by atoms with Gasteiger partial charge in [0.1, 0.15) is 11.2 Å². The second kappa shape index (κ2) is 6.88. The van der Waals surface area contributed by atoms with Crippen LogP contribution in [0, 0.1) is 0 Å². The lowest BCUT2D eigenvalue weighted by Crippen LogP contribution is -2.16. The topological polar surface area (TPSA) is 90.3 Å². The molecule has 0 N–H and O–H groups in total. The van der Waals surface area contributed by atoms with Crippen LogP contribution in [0.15, 0.2) is 29.4 Å². The fourth-order valence-electron chi connectivity index (χ4n) is 2.95. The molecule has 0 aliphatic carbocycles. The van der Waals surface area contributed by atoms with Gasteiger partial charge in [0, 0.05) is 19.4 Å². The highest BCUT2D eigenvalue weighted by Crippen LogP contribution is 2.36. The summed E-state index contributed by atoms with van der Waals surface area (Å²) in [4.78, 5) is 10.6. The molecule has 7 nitrogen and oxygen atoms in total. The molecule has 14 heteroatoms. The lowest BCUT2D eigenvalue weighted by molar-refractivity contribution is -0.138. The lowest BCUT2D eigenvalue weighted by Gasteiger charge is -2.13. The van der Waals surface area contributed by atoms with E-state index in [1.54, 1.807) is 0 Å². The number of hydrogen-bond donors (Lipinski definition) is 0. The Bertz CT molecular complexity index is 1280. The Hall–Kier alpha value is -2.74. The Kier molecular flexibility index (Phi) is 4.77. The Balaban J connectivity index is 1.92. The summed E-state index contributed by atoms with van der Waals surface area (Å²) in [6, 6.07) is 1.15. The van der Waals surface area contributed by atoms with Gasteiger partial charge in [-0.25, -0.2) is 18.4 Å². The highest BCUT2D eigenvalue weighted by molar-refractivity contribution is 7.91. The Morgan fingerprint density at radius 2 is 1.65 bits per heavy atom. The van der Waals surface area contributed by atoms with Crippen LogP contribution >= 0.6 is 0 Å². The van der Waals surface area contributed by atoms with E-state index in [0.29, 0.717) is 24.5 Å². The summed E-state index contributed by atoms with van der Waals surface area (Å²) < 4.78 is 110. The molecule has 1 aliphatic rings. The third kappa shape index (κ3) is 4.08. The maximum atomic E-state index is 13.2. The zero-order valence-corrected chi connectivity index (χ0v) is 16.3. The molecule has 1 unspecified atom stereocenters. The first-order chi connectivity index (χ1) is 14.3. The standard InChI is InChI=1S/C17H12F6N4O3S/c1-27-14-11(2-8(5-25-14)16(18,19)20)26-15(27)13-12(31(28,29)7-10-6-30-10)3-9(4-24-13)17(21,22)23/h2-5,10H,6-7H2,1H3. The lowest BCUT2D eigenvalue weighted by atomic mass is 10.2. The van der Waals surface area contributed by atoms with Crippen LogP contribution in [0.25, 0.3) is 22.7 Å². The molecule has 1 fully saturated rings. The Labute approximate surface area is 170 Å². The van der Waals surface area contributed by atoms with Gasteiger partial charge in [-0.3, -0.25) is 4.98 Å². The fraction of sp³-hybridized carbons (Fsp3) is 0.353. The van der Waals surface area contributed by atoms with Gasteiger partial charge in [-0.2, -0.15) is 26.3 Å². The third-order valence-corrected chi connectivity index (χ3v) is 6.36. The van der Waals surface area contributed by atoms with Crippen LogP contribution in [0.3, 0.4) is 0 Å². The molecule has 31 heavy (non-hydrogen) atoms. The quantitative estimate of drug-likeness (QED) is 0.433. The van der Waals surface area contributed by atoms with Gasteiger partial charge >= 0.3 is 12.4 Å². The van der Waals surface area contributed by atoms with Crippen molar-refractivity contribution in [3.05, 3.63) is 35.7 Å². The van der Waals surface area contributed by atoms with Gasteiger partial charge in [-0.05, 0) is 12.1 Å².